The van der Waals surface area contributed by atoms with Gasteiger partial charge in [-0.25, -0.2) is 4.79 Å². The molecule has 0 spiro atoms. The molecule has 5 nitrogen and oxygen atoms in total. The van der Waals surface area contributed by atoms with Crippen LogP contribution in [0.5, 0.6) is 0 Å². The van der Waals surface area contributed by atoms with E-state index in [2.05, 4.69) is 15.7 Å². The number of urea groups is 1. The number of aryl methyl sites for hydroxylation is 2. The number of amides is 2. The average Bonchev–Trinajstić information content (AvgIpc) is 2.88. The maximum Gasteiger partial charge on any atom is 0.416 e. The fourth-order valence-corrected chi connectivity index (χ4v) is 2.05. The van der Waals surface area contributed by atoms with E-state index in [0.29, 0.717) is 17.7 Å². The third-order valence-corrected chi connectivity index (χ3v) is 3.46. The summed E-state index contributed by atoms with van der Waals surface area (Å²) in [6.07, 6.45) is -2.74. The van der Waals surface area contributed by atoms with E-state index in [1.807, 2.05) is 0 Å². The van der Waals surface area contributed by atoms with Crippen molar-refractivity contribution < 1.29 is 18.0 Å². The summed E-state index contributed by atoms with van der Waals surface area (Å²) in [7, 11) is 1.76. The van der Waals surface area contributed by atoms with Gasteiger partial charge in [-0.3, -0.25) is 4.68 Å². The van der Waals surface area contributed by atoms with Crippen molar-refractivity contribution in [3.8, 4) is 0 Å². The number of carbonyl (C=O) groups is 1. The molecule has 8 heteroatoms. The second-order valence-electron chi connectivity index (χ2n) is 5.12. The number of nitrogens with one attached hydrogen (secondary N) is 2. The van der Waals surface area contributed by atoms with E-state index >= 15 is 0 Å². The molecule has 0 aliphatic rings. The maximum absolute atomic E-state index is 12.6. The minimum atomic E-state index is -4.36. The number of hydrogen-bond acceptors (Lipinski definition) is 2. The van der Waals surface area contributed by atoms with Crippen molar-refractivity contribution >= 4 is 6.03 Å². The number of aromatic nitrogens is 2. The van der Waals surface area contributed by atoms with E-state index in [0.717, 1.165) is 17.8 Å². The van der Waals surface area contributed by atoms with Gasteiger partial charge in [0.1, 0.15) is 0 Å². The molecule has 0 unspecified atom stereocenters. The third-order valence-electron chi connectivity index (χ3n) is 3.46. The van der Waals surface area contributed by atoms with Crippen molar-refractivity contribution in [2.75, 3.05) is 0 Å². The monoisotopic (exact) mass is 326 g/mol. The molecule has 0 fully saturated rings. The highest BCUT2D eigenvalue weighted by Gasteiger charge is 2.30. The summed E-state index contributed by atoms with van der Waals surface area (Å²) >= 11 is 0. The molecule has 0 aliphatic carbocycles. The van der Waals surface area contributed by atoms with E-state index in [1.165, 1.54) is 6.07 Å². The lowest BCUT2D eigenvalue weighted by molar-refractivity contribution is -0.137. The Morgan fingerprint density at radius 1 is 1.22 bits per heavy atom. The smallest absolute Gasteiger partial charge is 0.334 e. The molecule has 124 valence electrons. The predicted molar refractivity (Wildman–Crippen MR) is 78.5 cm³/mol. The Labute approximate surface area is 131 Å². The van der Waals surface area contributed by atoms with Crippen LogP contribution in [0, 0.1) is 6.92 Å². The molecule has 2 rings (SSSR count). The number of hydrogen-bond donors (Lipinski definition) is 2. The topological polar surface area (TPSA) is 59.0 Å². The average molecular weight is 326 g/mol. The molecule has 2 N–H and O–H groups in total. The van der Waals surface area contributed by atoms with Gasteiger partial charge in [0.25, 0.3) is 0 Å². The first-order chi connectivity index (χ1) is 10.8. The summed E-state index contributed by atoms with van der Waals surface area (Å²) in [5.41, 5.74) is 1.26. The lowest BCUT2D eigenvalue weighted by atomic mass is 10.0. The fraction of sp³-hybridized carbons (Fsp3) is 0.333. The Hall–Kier alpha value is -2.51. The molecule has 1 aromatic carbocycles. The van der Waals surface area contributed by atoms with Crippen LogP contribution < -0.4 is 10.6 Å². The van der Waals surface area contributed by atoms with Crippen LogP contribution in [0.1, 0.15) is 22.4 Å². The van der Waals surface area contributed by atoms with Gasteiger partial charge in [-0.2, -0.15) is 18.3 Å². The molecule has 1 aromatic heterocycles. The summed E-state index contributed by atoms with van der Waals surface area (Å²) in [5, 5.41) is 9.26. The quantitative estimate of drug-likeness (QED) is 0.908. The summed E-state index contributed by atoms with van der Waals surface area (Å²) in [6.45, 7) is 2.05. The van der Waals surface area contributed by atoms with Gasteiger partial charge < -0.3 is 10.6 Å². The zero-order valence-electron chi connectivity index (χ0n) is 12.7. The Bertz CT molecular complexity index is 694. The molecule has 1 heterocycles. The third kappa shape index (κ3) is 4.48. The lowest BCUT2D eigenvalue weighted by Gasteiger charge is -2.12. The number of carbonyl (C=O) groups excluding carboxylic acids is 1. The van der Waals surface area contributed by atoms with Crippen LogP contribution in [0.25, 0.3) is 0 Å². The Balaban J connectivity index is 1.88. The predicted octanol–water partition coefficient (Wildman–Crippen LogP) is 2.75. The van der Waals surface area contributed by atoms with Crippen molar-refractivity contribution in [3.05, 3.63) is 52.8 Å². The summed E-state index contributed by atoms with van der Waals surface area (Å²) < 4.78 is 39.4. The van der Waals surface area contributed by atoms with E-state index in [1.54, 1.807) is 30.9 Å². The second-order valence-corrected chi connectivity index (χ2v) is 5.12. The van der Waals surface area contributed by atoms with Crippen LogP contribution in [0.4, 0.5) is 18.0 Å². The molecule has 2 aromatic rings. The van der Waals surface area contributed by atoms with Crippen molar-refractivity contribution in [2.45, 2.75) is 26.2 Å². The zero-order valence-corrected chi connectivity index (χ0v) is 12.7. The SMILES string of the molecule is Cc1cc(C(F)(F)F)ccc1CNC(=O)NCc1ccnn1C. The van der Waals surface area contributed by atoms with E-state index in [-0.39, 0.29) is 6.54 Å². The van der Waals surface area contributed by atoms with Crippen molar-refractivity contribution in [2.24, 2.45) is 7.05 Å². The first-order valence-electron chi connectivity index (χ1n) is 6.92. The first kappa shape index (κ1) is 16.9. The number of benzene rings is 1. The highest BCUT2D eigenvalue weighted by atomic mass is 19.4. The summed E-state index contributed by atoms with van der Waals surface area (Å²) in [4.78, 5) is 11.7. The minimum Gasteiger partial charge on any atom is -0.334 e. The molecule has 0 bridgehead atoms. The van der Waals surface area contributed by atoms with E-state index in [4.69, 9.17) is 0 Å². The Morgan fingerprint density at radius 2 is 1.91 bits per heavy atom. The highest BCUT2D eigenvalue weighted by Crippen LogP contribution is 2.30. The molecule has 0 saturated heterocycles. The van der Waals surface area contributed by atoms with Crippen LogP contribution in [0.3, 0.4) is 0 Å². The summed E-state index contributed by atoms with van der Waals surface area (Å²) in [6, 6.07) is 4.84. The van der Waals surface area contributed by atoms with Gasteiger partial charge in [0.05, 0.1) is 17.8 Å². The molecule has 0 atom stereocenters. The number of rotatable bonds is 4. The minimum absolute atomic E-state index is 0.154. The Kier molecular flexibility index (Phi) is 4.92. The van der Waals surface area contributed by atoms with E-state index in [9.17, 15) is 18.0 Å². The molecule has 0 aliphatic heterocycles. The van der Waals surface area contributed by atoms with Crippen LogP contribution in [0.15, 0.2) is 30.5 Å². The highest BCUT2D eigenvalue weighted by molar-refractivity contribution is 5.73. The number of halogens is 3. The molecule has 0 radical (unpaired) electrons. The fourth-order valence-electron chi connectivity index (χ4n) is 2.05. The normalized spacial score (nSPS) is 11.3. The van der Waals surface area contributed by atoms with Gasteiger partial charge in [-0.05, 0) is 36.2 Å². The van der Waals surface area contributed by atoms with Crippen molar-refractivity contribution in [1.29, 1.82) is 0 Å². The lowest BCUT2D eigenvalue weighted by Crippen LogP contribution is -2.35. The zero-order chi connectivity index (χ0) is 17.0. The molecular weight excluding hydrogens is 309 g/mol. The first-order valence-corrected chi connectivity index (χ1v) is 6.92. The molecule has 23 heavy (non-hydrogen) atoms. The van der Waals surface area contributed by atoms with Gasteiger partial charge >= 0.3 is 12.2 Å². The standard InChI is InChI=1S/C15H17F3N4O/c1-10-7-12(15(16,17)18)4-3-11(10)8-19-14(23)20-9-13-5-6-21-22(13)2/h3-7H,8-9H2,1-2H3,(H2,19,20,23). The Morgan fingerprint density at radius 3 is 2.48 bits per heavy atom. The van der Waals surface area contributed by atoms with Crippen molar-refractivity contribution in [3.63, 3.8) is 0 Å². The summed E-state index contributed by atoms with van der Waals surface area (Å²) in [5.74, 6) is 0. The molecular formula is C15H17F3N4O. The van der Waals surface area contributed by atoms with Crippen LogP contribution in [0.2, 0.25) is 0 Å². The van der Waals surface area contributed by atoms with Crippen LogP contribution >= 0.6 is 0 Å². The number of nitrogens with zero attached hydrogens (tertiary/aromatic N) is 2. The van der Waals surface area contributed by atoms with Gasteiger partial charge in [-0.1, -0.05) is 6.07 Å². The van der Waals surface area contributed by atoms with Gasteiger partial charge in [0.15, 0.2) is 0 Å². The van der Waals surface area contributed by atoms with Gasteiger partial charge in [-0.15, -0.1) is 0 Å². The van der Waals surface area contributed by atoms with Gasteiger partial charge in [0.2, 0.25) is 0 Å². The van der Waals surface area contributed by atoms with E-state index < -0.39 is 17.8 Å². The van der Waals surface area contributed by atoms with Gasteiger partial charge in [0, 0.05) is 19.8 Å². The van der Waals surface area contributed by atoms with Crippen LogP contribution in [-0.2, 0) is 26.3 Å². The number of alkyl halides is 3. The molecule has 0 saturated carbocycles. The maximum atomic E-state index is 12.6. The second kappa shape index (κ2) is 6.72. The van der Waals surface area contributed by atoms with Crippen molar-refractivity contribution in [1.82, 2.24) is 20.4 Å². The molecule has 2 amide bonds. The van der Waals surface area contributed by atoms with Crippen LogP contribution in [-0.4, -0.2) is 15.8 Å². The largest absolute Gasteiger partial charge is 0.416 e.